The van der Waals surface area contributed by atoms with E-state index < -0.39 is 0 Å². The van der Waals surface area contributed by atoms with E-state index in [1.807, 2.05) is 41.8 Å². The Hall–Kier alpha value is -2.04. The third-order valence-corrected chi connectivity index (χ3v) is 4.60. The van der Waals surface area contributed by atoms with Crippen LogP contribution in [0.15, 0.2) is 18.2 Å². The fourth-order valence-corrected chi connectivity index (χ4v) is 3.14. The van der Waals surface area contributed by atoms with E-state index in [4.69, 9.17) is 4.74 Å². The van der Waals surface area contributed by atoms with E-state index in [-0.39, 0.29) is 17.7 Å². The second kappa shape index (κ2) is 8.37. The van der Waals surface area contributed by atoms with Gasteiger partial charge in [-0.15, -0.1) is 0 Å². The molecule has 0 bridgehead atoms. The molecule has 0 unspecified atom stereocenters. The van der Waals surface area contributed by atoms with Crippen LogP contribution >= 0.6 is 0 Å². The Balaban J connectivity index is 2.03. The normalized spacial score (nSPS) is 15.0. The molecule has 1 heterocycles. The molecule has 1 fully saturated rings. The molecule has 1 aliphatic heterocycles. The van der Waals surface area contributed by atoms with Crippen LogP contribution in [0.2, 0.25) is 0 Å². The second-order valence-electron chi connectivity index (χ2n) is 7.38. The average Bonchev–Trinajstić information content (AvgIpc) is 2.60. The third kappa shape index (κ3) is 4.74. The van der Waals surface area contributed by atoms with Gasteiger partial charge in [0.15, 0.2) is 0 Å². The number of ether oxygens (including phenoxy) is 1. The van der Waals surface area contributed by atoms with Crippen molar-refractivity contribution < 1.29 is 14.3 Å². The zero-order valence-corrected chi connectivity index (χ0v) is 16.0. The highest BCUT2D eigenvalue weighted by Crippen LogP contribution is 2.28. The van der Waals surface area contributed by atoms with E-state index in [9.17, 15) is 9.59 Å². The Morgan fingerprint density at radius 1 is 1.04 bits per heavy atom. The van der Waals surface area contributed by atoms with Gasteiger partial charge in [-0.2, -0.15) is 0 Å². The van der Waals surface area contributed by atoms with Crippen molar-refractivity contribution in [2.24, 2.45) is 5.92 Å². The van der Waals surface area contributed by atoms with Gasteiger partial charge in [-0.1, -0.05) is 27.7 Å². The summed E-state index contributed by atoms with van der Waals surface area (Å²) in [7, 11) is 1.65. The van der Waals surface area contributed by atoms with E-state index in [1.54, 1.807) is 7.11 Å². The number of rotatable bonds is 5. The van der Waals surface area contributed by atoms with Gasteiger partial charge in [0.05, 0.1) is 7.11 Å². The summed E-state index contributed by atoms with van der Waals surface area (Å²) in [4.78, 5) is 28.7. The number of hydrogen-bond acceptors (Lipinski definition) is 3. The van der Waals surface area contributed by atoms with Gasteiger partial charge in [-0.25, -0.2) is 0 Å². The van der Waals surface area contributed by atoms with Gasteiger partial charge in [-0.3, -0.25) is 9.59 Å². The Morgan fingerprint density at radius 3 is 2.16 bits per heavy atom. The summed E-state index contributed by atoms with van der Waals surface area (Å²) < 4.78 is 5.39. The average molecular weight is 346 g/mol. The summed E-state index contributed by atoms with van der Waals surface area (Å²) in [5.74, 6) is 1.68. The number of benzene rings is 1. The van der Waals surface area contributed by atoms with Crippen LogP contribution in [0.25, 0.3) is 0 Å². The fourth-order valence-electron chi connectivity index (χ4n) is 3.14. The zero-order chi connectivity index (χ0) is 18.6. The lowest BCUT2D eigenvalue weighted by atomic mass is 9.99. The Bertz CT molecular complexity index is 617. The minimum Gasteiger partial charge on any atom is -0.496 e. The number of hydrogen-bond donors (Lipinski definition) is 0. The predicted octanol–water partition coefficient (Wildman–Crippen LogP) is 3.15. The number of piperazine rings is 1. The van der Waals surface area contributed by atoms with Crippen LogP contribution in [0.3, 0.4) is 0 Å². The zero-order valence-electron chi connectivity index (χ0n) is 16.0. The van der Waals surface area contributed by atoms with Crippen molar-refractivity contribution in [2.45, 2.75) is 40.0 Å². The Labute approximate surface area is 150 Å². The number of carbonyl (C=O) groups excluding carboxylic acids is 2. The monoisotopic (exact) mass is 346 g/mol. The van der Waals surface area contributed by atoms with Gasteiger partial charge in [0, 0.05) is 38.2 Å². The number of amides is 2. The van der Waals surface area contributed by atoms with Gasteiger partial charge in [-0.05, 0) is 35.6 Å². The molecule has 0 atom stereocenters. The van der Waals surface area contributed by atoms with Crippen molar-refractivity contribution in [2.75, 3.05) is 33.3 Å². The highest BCUT2D eigenvalue weighted by molar-refractivity contribution is 5.95. The molecule has 2 rings (SSSR count). The minimum atomic E-state index is 0.0283. The molecule has 25 heavy (non-hydrogen) atoms. The van der Waals surface area contributed by atoms with Crippen LogP contribution in [0.5, 0.6) is 5.75 Å². The van der Waals surface area contributed by atoms with Crippen LogP contribution in [0.4, 0.5) is 0 Å². The smallest absolute Gasteiger partial charge is 0.253 e. The Morgan fingerprint density at radius 2 is 1.64 bits per heavy atom. The molecular formula is C20H30N2O3. The van der Waals surface area contributed by atoms with E-state index in [0.29, 0.717) is 44.1 Å². The molecule has 0 radical (unpaired) electrons. The molecule has 5 nitrogen and oxygen atoms in total. The SMILES string of the molecule is COc1ccc(C(=O)N2CCN(C(=O)CC(C)C)CC2)cc1C(C)C. The molecule has 1 saturated heterocycles. The van der Waals surface area contributed by atoms with Crippen molar-refractivity contribution >= 4 is 11.8 Å². The van der Waals surface area contributed by atoms with Crippen molar-refractivity contribution in [3.8, 4) is 5.75 Å². The maximum Gasteiger partial charge on any atom is 0.253 e. The summed E-state index contributed by atoms with van der Waals surface area (Å²) in [6, 6.07) is 5.62. The topological polar surface area (TPSA) is 49.9 Å². The van der Waals surface area contributed by atoms with Crippen LogP contribution in [-0.2, 0) is 4.79 Å². The van der Waals surface area contributed by atoms with Crippen molar-refractivity contribution in [1.29, 1.82) is 0 Å². The minimum absolute atomic E-state index is 0.0283. The summed E-state index contributed by atoms with van der Waals surface area (Å²) in [5, 5.41) is 0. The fraction of sp³-hybridized carbons (Fsp3) is 0.600. The van der Waals surface area contributed by atoms with Crippen LogP contribution in [0, 0.1) is 5.92 Å². The molecule has 5 heteroatoms. The molecule has 0 saturated carbocycles. The van der Waals surface area contributed by atoms with Crippen molar-refractivity contribution in [3.05, 3.63) is 29.3 Å². The maximum absolute atomic E-state index is 12.8. The lowest BCUT2D eigenvalue weighted by Crippen LogP contribution is -2.50. The molecule has 2 amide bonds. The molecule has 138 valence electrons. The van der Waals surface area contributed by atoms with Crippen LogP contribution < -0.4 is 4.74 Å². The summed E-state index contributed by atoms with van der Waals surface area (Å²) in [5.41, 5.74) is 1.73. The van der Waals surface area contributed by atoms with E-state index in [0.717, 1.165) is 11.3 Å². The third-order valence-electron chi connectivity index (χ3n) is 4.60. The van der Waals surface area contributed by atoms with Crippen LogP contribution in [-0.4, -0.2) is 54.9 Å². The standard InChI is InChI=1S/C20H30N2O3/c1-14(2)12-19(23)21-8-10-22(11-9-21)20(24)16-6-7-18(25-5)17(13-16)15(3)4/h6-7,13-15H,8-12H2,1-5H3. The van der Waals surface area contributed by atoms with E-state index >= 15 is 0 Å². The van der Waals surface area contributed by atoms with Gasteiger partial charge in [0.1, 0.15) is 5.75 Å². The highest BCUT2D eigenvalue weighted by atomic mass is 16.5. The van der Waals surface area contributed by atoms with Crippen molar-refractivity contribution in [3.63, 3.8) is 0 Å². The van der Waals surface area contributed by atoms with E-state index in [1.165, 1.54) is 0 Å². The van der Waals surface area contributed by atoms with Gasteiger partial charge in [0.2, 0.25) is 5.91 Å². The van der Waals surface area contributed by atoms with Gasteiger partial charge in [0.25, 0.3) is 5.91 Å². The first kappa shape index (κ1) is 19.3. The lowest BCUT2D eigenvalue weighted by molar-refractivity contribution is -0.133. The molecule has 1 aromatic carbocycles. The number of methoxy groups -OCH3 is 1. The van der Waals surface area contributed by atoms with Crippen LogP contribution in [0.1, 0.15) is 56.0 Å². The summed E-state index contributed by atoms with van der Waals surface area (Å²) >= 11 is 0. The Kier molecular flexibility index (Phi) is 6.45. The first-order valence-corrected chi connectivity index (χ1v) is 9.08. The quantitative estimate of drug-likeness (QED) is 0.823. The molecule has 1 aromatic rings. The molecule has 0 aromatic heterocycles. The summed E-state index contributed by atoms with van der Waals surface area (Å²) in [6.45, 7) is 10.7. The number of nitrogens with zero attached hydrogens (tertiary/aromatic N) is 2. The van der Waals surface area contributed by atoms with E-state index in [2.05, 4.69) is 13.8 Å². The lowest BCUT2D eigenvalue weighted by Gasteiger charge is -2.35. The van der Waals surface area contributed by atoms with Crippen molar-refractivity contribution in [1.82, 2.24) is 9.80 Å². The molecule has 1 aliphatic rings. The first-order chi connectivity index (χ1) is 11.8. The van der Waals surface area contributed by atoms with Gasteiger partial charge < -0.3 is 14.5 Å². The molecule has 0 spiro atoms. The largest absolute Gasteiger partial charge is 0.496 e. The second-order valence-corrected chi connectivity index (χ2v) is 7.38. The highest BCUT2D eigenvalue weighted by Gasteiger charge is 2.25. The molecular weight excluding hydrogens is 316 g/mol. The predicted molar refractivity (Wildman–Crippen MR) is 99.0 cm³/mol. The number of carbonyl (C=O) groups is 2. The maximum atomic E-state index is 12.8. The molecule has 0 aliphatic carbocycles. The first-order valence-electron chi connectivity index (χ1n) is 9.08. The summed E-state index contributed by atoms with van der Waals surface area (Å²) in [6.07, 6.45) is 0.574. The van der Waals surface area contributed by atoms with Gasteiger partial charge >= 0.3 is 0 Å². The molecule has 0 N–H and O–H groups in total.